The van der Waals surface area contributed by atoms with Crippen LogP contribution >= 0.6 is 0 Å². The molecule has 0 N–H and O–H groups in total. The van der Waals surface area contributed by atoms with Crippen molar-refractivity contribution in [2.24, 2.45) is 0 Å². The quantitative estimate of drug-likeness (QED) is 0.645. The molecule has 0 spiro atoms. The summed E-state index contributed by atoms with van der Waals surface area (Å²) >= 11 is 0. The van der Waals surface area contributed by atoms with E-state index in [2.05, 4.69) is 4.98 Å². The molecule has 0 fully saturated rings. The van der Waals surface area contributed by atoms with E-state index in [4.69, 9.17) is 0 Å². The van der Waals surface area contributed by atoms with E-state index in [1.807, 2.05) is 0 Å². The summed E-state index contributed by atoms with van der Waals surface area (Å²) in [6.07, 6.45) is -0.0327. The van der Waals surface area contributed by atoms with E-state index < -0.39 is 27.5 Å². The zero-order chi connectivity index (χ0) is 20.8. The zero-order valence-electron chi connectivity index (χ0n) is 14.8. The summed E-state index contributed by atoms with van der Waals surface area (Å²) < 4.78 is 67.3. The number of carbonyl (C=O) groups excluding carboxylic acids is 1. The van der Waals surface area contributed by atoms with Gasteiger partial charge in [0.25, 0.3) is 0 Å². The number of benzene rings is 2. The van der Waals surface area contributed by atoms with Crippen LogP contribution in [0.5, 0.6) is 0 Å². The van der Waals surface area contributed by atoms with E-state index in [9.17, 15) is 26.4 Å². The molecule has 150 valence electrons. The highest BCUT2D eigenvalue weighted by Crippen LogP contribution is 2.46. The third kappa shape index (κ3) is 3.29. The molecule has 29 heavy (non-hydrogen) atoms. The molecule has 1 aliphatic rings. The van der Waals surface area contributed by atoms with Gasteiger partial charge in [0, 0.05) is 25.4 Å². The summed E-state index contributed by atoms with van der Waals surface area (Å²) in [7, 11) is -4.06. The number of halogens is 3. The van der Waals surface area contributed by atoms with Crippen LogP contribution in [0.25, 0.3) is 0 Å². The second-order valence-corrected chi connectivity index (χ2v) is 8.32. The predicted molar refractivity (Wildman–Crippen MR) is 97.3 cm³/mol. The number of hydrogen-bond acceptors (Lipinski definition) is 4. The van der Waals surface area contributed by atoms with Gasteiger partial charge in [-0.05, 0) is 30.3 Å². The average Bonchev–Trinajstić information content (AvgIpc) is 3.19. The molecule has 4 rings (SSSR count). The number of alkyl halides is 3. The summed E-state index contributed by atoms with van der Waals surface area (Å²) in [6.45, 7) is 0.249. The Labute approximate surface area is 164 Å². The number of aryl methyl sites for hydroxylation is 1. The van der Waals surface area contributed by atoms with Crippen molar-refractivity contribution in [2.45, 2.75) is 28.9 Å². The Hall–Kier alpha value is -3.14. The number of anilines is 2. The maximum absolute atomic E-state index is 13.2. The highest BCUT2D eigenvalue weighted by atomic mass is 32.2. The summed E-state index contributed by atoms with van der Waals surface area (Å²) in [6, 6.07) is 8.09. The number of para-hydroxylation sites is 1. The van der Waals surface area contributed by atoms with Gasteiger partial charge in [0.2, 0.25) is 15.7 Å². The monoisotopic (exact) mass is 421 g/mol. The molecular formula is C19H14F3N3O3S. The number of aromatic nitrogens is 2. The van der Waals surface area contributed by atoms with Crippen LogP contribution in [-0.2, 0) is 27.4 Å². The van der Waals surface area contributed by atoms with Crippen molar-refractivity contribution < 1.29 is 26.4 Å². The Bertz CT molecular complexity index is 1190. The van der Waals surface area contributed by atoms with Crippen LogP contribution in [-0.4, -0.2) is 23.9 Å². The molecule has 0 unspecified atom stereocenters. The van der Waals surface area contributed by atoms with Crippen molar-refractivity contribution in [3.05, 3.63) is 66.7 Å². The lowest BCUT2D eigenvalue weighted by atomic mass is 10.1. The van der Waals surface area contributed by atoms with E-state index in [-0.39, 0.29) is 34.1 Å². The molecule has 1 amide bonds. The SMILES string of the molecule is O=C(CCn1ccnc1)N1c2ccccc2S(=O)(=O)c2ccc(C(F)(F)F)cc21. The van der Waals surface area contributed by atoms with Crippen molar-refractivity contribution in [2.75, 3.05) is 4.90 Å². The molecule has 3 aromatic rings. The molecular weight excluding hydrogens is 407 g/mol. The third-order valence-corrected chi connectivity index (χ3v) is 6.45. The van der Waals surface area contributed by atoms with E-state index in [1.54, 1.807) is 10.8 Å². The minimum atomic E-state index is -4.68. The van der Waals surface area contributed by atoms with Crippen molar-refractivity contribution in [1.29, 1.82) is 0 Å². The van der Waals surface area contributed by atoms with Gasteiger partial charge in [-0.15, -0.1) is 0 Å². The number of fused-ring (bicyclic) bond motifs is 2. The average molecular weight is 421 g/mol. The molecule has 1 aliphatic heterocycles. The van der Waals surface area contributed by atoms with Crippen LogP contribution in [0.2, 0.25) is 0 Å². The third-order valence-electron chi connectivity index (χ3n) is 4.60. The van der Waals surface area contributed by atoms with Gasteiger partial charge in [0.05, 0.1) is 33.1 Å². The Kier molecular flexibility index (Phi) is 4.45. The fraction of sp³-hybridized carbons (Fsp3) is 0.158. The second-order valence-electron chi connectivity index (χ2n) is 6.43. The minimum Gasteiger partial charge on any atom is -0.337 e. The highest BCUT2D eigenvalue weighted by Gasteiger charge is 2.39. The molecule has 2 aromatic carbocycles. The maximum Gasteiger partial charge on any atom is 0.416 e. The lowest BCUT2D eigenvalue weighted by Gasteiger charge is -2.32. The van der Waals surface area contributed by atoms with Crippen LogP contribution < -0.4 is 4.90 Å². The number of sulfone groups is 1. The highest BCUT2D eigenvalue weighted by molar-refractivity contribution is 7.92. The molecule has 0 saturated heterocycles. The number of hydrogen-bond donors (Lipinski definition) is 0. The molecule has 2 heterocycles. The lowest BCUT2D eigenvalue weighted by molar-refractivity contribution is -0.137. The van der Waals surface area contributed by atoms with Crippen LogP contribution in [0.3, 0.4) is 0 Å². The van der Waals surface area contributed by atoms with E-state index in [0.717, 1.165) is 11.0 Å². The topological polar surface area (TPSA) is 72.3 Å². The molecule has 0 radical (unpaired) electrons. The smallest absolute Gasteiger partial charge is 0.337 e. The van der Waals surface area contributed by atoms with Gasteiger partial charge in [-0.1, -0.05) is 12.1 Å². The van der Waals surface area contributed by atoms with Crippen molar-refractivity contribution >= 4 is 27.1 Å². The first-order valence-electron chi connectivity index (χ1n) is 8.53. The molecule has 0 aliphatic carbocycles. The second kappa shape index (κ2) is 6.73. The molecule has 10 heteroatoms. The van der Waals surface area contributed by atoms with Crippen LogP contribution in [0.15, 0.2) is 71.0 Å². The first-order valence-corrected chi connectivity index (χ1v) is 10.0. The van der Waals surface area contributed by atoms with E-state index in [1.165, 1.54) is 36.8 Å². The zero-order valence-corrected chi connectivity index (χ0v) is 15.6. The standard InChI is InChI=1S/C19H14F3N3O3S/c20-19(21,22)13-5-6-17-15(11-13)25(18(26)7-9-24-10-8-23-12-24)14-3-1-2-4-16(14)29(17,27)28/h1-6,8,10-12H,7,9H2. The van der Waals surface area contributed by atoms with Gasteiger partial charge in [-0.25, -0.2) is 13.4 Å². The largest absolute Gasteiger partial charge is 0.416 e. The number of rotatable bonds is 3. The Morgan fingerprint density at radius 3 is 2.45 bits per heavy atom. The van der Waals surface area contributed by atoms with Gasteiger partial charge >= 0.3 is 6.18 Å². The predicted octanol–water partition coefficient (Wildman–Crippen LogP) is 3.80. The molecule has 0 bridgehead atoms. The Balaban J connectivity index is 1.85. The number of imidazole rings is 1. The number of carbonyl (C=O) groups is 1. The molecule has 0 saturated carbocycles. The molecule has 6 nitrogen and oxygen atoms in total. The van der Waals surface area contributed by atoms with Crippen LogP contribution in [0.1, 0.15) is 12.0 Å². The first-order chi connectivity index (χ1) is 13.7. The van der Waals surface area contributed by atoms with Gasteiger partial charge < -0.3 is 4.57 Å². The molecule has 1 aromatic heterocycles. The van der Waals surface area contributed by atoms with Gasteiger partial charge in [0.15, 0.2) is 0 Å². The fourth-order valence-electron chi connectivity index (χ4n) is 3.24. The number of nitrogens with zero attached hydrogens (tertiary/aromatic N) is 3. The van der Waals surface area contributed by atoms with Crippen LogP contribution in [0.4, 0.5) is 24.5 Å². The van der Waals surface area contributed by atoms with Gasteiger partial charge in [-0.2, -0.15) is 13.2 Å². The normalized spacial score (nSPS) is 14.9. The maximum atomic E-state index is 13.2. The summed E-state index contributed by atoms with van der Waals surface area (Å²) in [5.41, 5.74) is -1.29. The van der Waals surface area contributed by atoms with E-state index in [0.29, 0.717) is 12.1 Å². The summed E-state index contributed by atoms with van der Waals surface area (Å²) in [4.78, 5) is 17.5. The Morgan fingerprint density at radius 2 is 1.76 bits per heavy atom. The summed E-state index contributed by atoms with van der Waals surface area (Å²) in [5.74, 6) is -0.526. The van der Waals surface area contributed by atoms with Crippen LogP contribution in [0, 0.1) is 0 Å². The van der Waals surface area contributed by atoms with Crippen molar-refractivity contribution in [3.8, 4) is 0 Å². The van der Waals surface area contributed by atoms with Crippen molar-refractivity contribution in [3.63, 3.8) is 0 Å². The van der Waals surface area contributed by atoms with Gasteiger partial charge in [-0.3, -0.25) is 9.69 Å². The Morgan fingerprint density at radius 1 is 1.03 bits per heavy atom. The minimum absolute atomic E-state index is 0.0370. The lowest BCUT2D eigenvalue weighted by Crippen LogP contribution is -2.32. The summed E-state index contributed by atoms with van der Waals surface area (Å²) in [5, 5.41) is 0. The first kappa shape index (κ1) is 19.2. The fourth-order valence-corrected chi connectivity index (χ4v) is 4.84. The number of amides is 1. The van der Waals surface area contributed by atoms with Crippen molar-refractivity contribution in [1.82, 2.24) is 9.55 Å². The molecule has 0 atom stereocenters. The van der Waals surface area contributed by atoms with E-state index >= 15 is 0 Å². The van der Waals surface area contributed by atoms with Gasteiger partial charge in [0.1, 0.15) is 0 Å².